The van der Waals surface area contributed by atoms with Crippen LogP contribution in [0.15, 0.2) is 0 Å². The van der Waals surface area contributed by atoms with Crippen LogP contribution in [0.1, 0.15) is 0 Å². The van der Waals surface area contributed by atoms with Crippen LogP contribution in [-0.4, -0.2) is 24.1 Å². The molecule has 0 radical (unpaired) electrons. The van der Waals surface area contributed by atoms with Crippen molar-refractivity contribution in [2.24, 2.45) is 0 Å². The van der Waals surface area contributed by atoms with Crippen molar-refractivity contribution < 1.29 is 49.0 Å². The minimum absolute atomic E-state index is 1.16. The van der Waals surface area contributed by atoms with E-state index in [4.69, 9.17) is 0 Å². The molecule has 11 heteroatoms. The van der Waals surface area contributed by atoms with Crippen LogP contribution >= 0.6 is 0 Å². The number of hydrogen-bond donors (Lipinski definition) is 0. The molecule has 0 heterocycles. The molecular weight excluding hydrogens is 254 g/mol. The van der Waals surface area contributed by atoms with Crippen LogP contribution in [0.25, 0.3) is 0 Å². The van der Waals surface area contributed by atoms with E-state index in [2.05, 4.69) is 0 Å². The van der Waals surface area contributed by atoms with Crippen LogP contribution in [-0.2, 0) is 4.94 Å². The number of hydrogen-bond acceptors (Lipinski definition) is 1. The van der Waals surface area contributed by atoms with Crippen molar-refractivity contribution in [3.8, 4) is 0 Å². The molecule has 0 bridgehead atoms. The zero-order valence-electron chi connectivity index (χ0n) is 6.19. The minimum atomic E-state index is -7.02. The maximum atomic E-state index is 11.6. The maximum absolute atomic E-state index is 11.6. The quantitative estimate of drug-likeness (QED) is 0.652. The highest BCUT2D eigenvalue weighted by atomic mass is 19.4. The van der Waals surface area contributed by atoms with Crippen molar-refractivity contribution in [1.82, 2.24) is 0 Å². The highest BCUT2D eigenvalue weighted by Crippen LogP contribution is 2.54. The van der Waals surface area contributed by atoms with E-state index in [1.54, 1.807) is 0 Å². The molecule has 1 nitrogen and oxygen atoms in total. The Balaban J connectivity index is 5.78. The van der Waals surface area contributed by atoms with Crippen molar-refractivity contribution in [3.63, 3.8) is 0 Å². The summed E-state index contributed by atoms with van der Waals surface area (Å²) < 4.78 is 115. The Morgan fingerprint density at radius 3 is 0.733 bits per heavy atom. The summed E-state index contributed by atoms with van der Waals surface area (Å²) in [6.07, 6.45) is -21.0. The Morgan fingerprint density at radius 2 is 0.733 bits per heavy atom. The van der Waals surface area contributed by atoms with Crippen LogP contribution < -0.4 is 0 Å². The lowest BCUT2D eigenvalue weighted by Crippen LogP contribution is -2.66. The van der Waals surface area contributed by atoms with Crippen molar-refractivity contribution >= 4 is 0 Å². The molecular formula is C4F10O. The fourth-order valence-corrected chi connectivity index (χ4v) is 0.613. The summed E-state index contributed by atoms with van der Waals surface area (Å²) in [5, 5.41) is 0. The van der Waals surface area contributed by atoms with E-state index in [-0.39, 0.29) is 0 Å². The summed E-state index contributed by atoms with van der Waals surface area (Å²) in [7, 11) is 0. The molecule has 0 amide bonds. The van der Waals surface area contributed by atoms with Crippen molar-refractivity contribution in [2.45, 2.75) is 24.1 Å². The molecule has 0 aliphatic rings. The fourth-order valence-electron chi connectivity index (χ4n) is 0.613. The predicted molar refractivity (Wildman–Crippen MR) is 23.1 cm³/mol. The lowest BCUT2D eigenvalue weighted by atomic mass is 10.0. The zero-order valence-corrected chi connectivity index (χ0v) is 6.19. The van der Waals surface area contributed by atoms with Gasteiger partial charge in [0, 0.05) is 0 Å². The lowest BCUT2D eigenvalue weighted by Gasteiger charge is -2.33. The van der Waals surface area contributed by atoms with Gasteiger partial charge in [-0.2, -0.15) is 44.5 Å². The van der Waals surface area contributed by atoms with Crippen LogP contribution in [0.3, 0.4) is 0 Å². The molecule has 0 spiro atoms. The molecule has 15 heavy (non-hydrogen) atoms. The SMILES string of the molecule is FOC(C(F)(F)F)(C(F)(F)F)C(F)(F)F. The molecule has 0 aliphatic carbocycles. The smallest absolute Gasteiger partial charge is 0.167 e. The lowest BCUT2D eigenvalue weighted by molar-refractivity contribution is -0.498. The van der Waals surface area contributed by atoms with Gasteiger partial charge >= 0.3 is 24.1 Å². The molecule has 0 aromatic rings. The van der Waals surface area contributed by atoms with E-state index >= 15 is 0 Å². The van der Waals surface area contributed by atoms with Gasteiger partial charge in [0.25, 0.3) is 0 Å². The van der Waals surface area contributed by atoms with Crippen LogP contribution in [0.4, 0.5) is 44.0 Å². The van der Waals surface area contributed by atoms with Gasteiger partial charge in [-0.15, -0.1) is 0 Å². The Labute approximate surface area is 74.5 Å². The molecule has 0 saturated carbocycles. The Hall–Kier alpha value is -0.740. The zero-order chi connectivity index (χ0) is 12.7. The molecule has 0 rings (SSSR count). The first-order valence-electron chi connectivity index (χ1n) is 2.81. The highest BCUT2D eigenvalue weighted by Gasteiger charge is 2.87. The van der Waals surface area contributed by atoms with E-state index in [9.17, 15) is 44.0 Å². The second-order valence-electron chi connectivity index (χ2n) is 2.25. The van der Waals surface area contributed by atoms with E-state index < -0.39 is 24.1 Å². The van der Waals surface area contributed by atoms with Gasteiger partial charge in [0.15, 0.2) is 0 Å². The topological polar surface area (TPSA) is 9.23 Å². The third kappa shape index (κ3) is 1.96. The van der Waals surface area contributed by atoms with Crippen LogP contribution in [0.5, 0.6) is 0 Å². The normalized spacial score (nSPS) is 15.6. The van der Waals surface area contributed by atoms with E-state index in [1.807, 2.05) is 0 Å². The van der Waals surface area contributed by atoms with Gasteiger partial charge < -0.3 is 0 Å². The molecule has 0 aromatic heterocycles. The summed E-state index contributed by atoms with van der Waals surface area (Å²) in [6.45, 7) is 0. The third-order valence-electron chi connectivity index (χ3n) is 1.31. The average Bonchev–Trinajstić information content (AvgIpc) is 1.76. The standard InChI is InChI=1S/C4F10O/c5-2(6,7)1(15-14,3(8,9)10)4(11,12)13. The Bertz CT molecular complexity index is 183. The maximum Gasteiger partial charge on any atom is 0.439 e. The molecule has 0 aromatic carbocycles. The summed E-state index contributed by atoms with van der Waals surface area (Å²) in [6, 6.07) is 0. The van der Waals surface area contributed by atoms with Gasteiger partial charge in [0.2, 0.25) is 0 Å². The van der Waals surface area contributed by atoms with Crippen LogP contribution in [0, 0.1) is 0 Å². The number of alkyl halides is 9. The van der Waals surface area contributed by atoms with Gasteiger partial charge in [-0.25, -0.2) is 0 Å². The average molecular weight is 254 g/mol. The molecule has 0 aliphatic heterocycles. The molecule has 0 N–H and O–H groups in total. The first-order valence-corrected chi connectivity index (χ1v) is 2.81. The van der Waals surface area contributed by atoms with E-state index in [0.717, 1.165) is 4.94 Å². The van der Waals surface area contributed by atoms with E-state index in [0.29, 0.717) is 0 Å². The monoisotopic (exact) mass is 254 g/mol. The van der Waals surface area contributed by atoms with Crippen molar-refractivity contribution in [2.75, 3.05) is 0 Å². The van der Waals surface area contributed by atoms with Gasteiger partial charge in [0.05, 0.1) is 0 Å². The van der Waals surface area contributed by atoms with E-state index in [1.165, 1.54) is 0 Å². The van der Waals surface area contributed by atoms with Crippen LogP contribution in [0.2, 0.25) is 0 Å². The number of halogens is 10. The van der Waals surface area contributed by atoms with Gasteiger partial charge in [-0.05, 0) is 4.53 Å². The predicted octanol–water partition coefficient (Wildman–Crippen LogP) is 3.31. The molecule has 92 valence electrons. The fraction of sp³-hybridized carbons (Fsp3) is 1.00. The first-order chi connectivity index (χ1) is 6.31. The third-order valence-corrected chi connectivity index (χ3v) is 1.31. The van der Waals surface area contributed by atoms with Gasteiger partial charge in [0.1, 0.15) is 0 Å². The summed E-state index contributed by atoms with van der Waals surface area (Å²) in [5.41, 5.74) is -6.81. The summed E-state index contributed by atoms with van der Waals surface area (Å²) in [5.74, 6) is 0. The summed E-state index contributed by atoms with van der Waals surface area (Å²) in [4.78, 5) is 1.16. The second kappa shape index (κ2) is 3.39. The Kier molecular flexibility index (Phi) is 3.22. The molecule has 0 unspecified atom stereocenters. The van der Waals surface area contributed by atoms with Crippen molar-refractivity contribution in [1.29, 1.82) is 0 Å². The van der Waals surface area contributed by atoms with Gasteiger partial charge in [-0.1, -0.05) is 0 Å². The number of rotatable bonds is 1. The minimum Gasteiger partial charge on any atom is -0.167 e. The molecule has 0 fully saturated rings. The molecule has 0 atom stereocenters. The second-order valence-corrected chi connectivity index (χ2v) is 2.25. The Morgan fingerprint density at radius 1 is 0.533 bits per heavy atom. The van der Waals surface area contributed by atoms with Gasteiger partial charge in [-0.3, -0.25) is 0 Å². The molecule has 0 saturated heterocycles. The first kappa shape index (κ1) is 14.3. The summed E-state index contributed by atoms with van der Waals surface area (Å²) >= 11 is 0. The highest BCUT2D eigenvalue weighted by molar-refractivity contribution is 5.01. The largest absolute Gasteiger partial charge is 0.439 e. The van der Waals surface area contributed by atoms with Crippen molar-refractivity contribution in [3.05, 3.63) is 0 Å².